The lowest BCUT2D eigenvalue weighted by Gasteiger charge is -2.42. The van der Waals surface area contributed by atoms with Crippen molar-refractivity contribution >= 4 is 11.6 Å². The molecule has 0 spiro atoms. The lowest BCUT2D eigenvalue weighted by molar-refractivity contribution is -0.384. The van der Waals surface area contributed by atoms with E-state index < -0.39 is 16.4 Å². The zero-order valence-electron chi connectivity index (χ0n) is 13.8. The van der Waals surface area contributed by atoms with Crippen LogP contribution in [0.2, 0.25) is 0 Å². The fraction of sp³-hybridized carbons (Fsp3) is 0.588. The Bertz CT molecular complexity index is 585. The van der Waals surface area contributed by atoms with E-state index in [0.29, 0.717) is 29.7 Å². The van der Waals surface area contributed by atoms with Gasteiger partial charge in [0.1, 0.15) is 0 Å². The lowest BCUT2D eigenvalue weighted by atomic mass is 9.72. The van der Waals surface area contributed by atoms with Crippen molar-refractivity contribution in [3.8, 4) is 0 Å². The Labute approximate surface area is 136 Å². The summed E-state index contributed by atoms with van der Waals surface area (Å²) in [7, 11) is 0. The molecule has 1 aromatic carbocycles. The average molecular weight is 319 g/mol. The number of hydrogen-bond donors (Lipinski definition) is 0. The number of nitro groups is 1. The summed E-state index contributed by atoms with van der Waals surface area (Å²) in [4.78, 5) is 22.6. The maximum atomic E-state index is 12.6. The van der Waals surface area contributed by atoms with E-state index in [-0.39, 0.29) is 11.3 Å². The Kier molecular flexibility index (Phi) is 5.04. The van der Waals surface area contributed by atoms with Crippen LogP contribution in [0, 0.1) is 22.0 Å². The summed E-state index contributed by atoms with van der Waals surface area (Å²) >= 11 is 0. The first kappa shape index (κ1) is 17.4. The molecule has 2 atom stereocenters. The van der Waals surface area contributed by atoms with Crippen LogP contribution >= 0.6 is 0 Å². The van der Waals surface area contributed by atoms with Crippen molar-refractivity contribution in [3.63, 3.8) is 0 Å². The molecule has 23 heavy (non-hydrogen) atoms. The van der Waals surface area contributed by atoms with E-state index in [1.165, 1.54) is 24.3 Å². The molecule has 0 aromatic heterocycles. The van der Waals surface area contributed by atoms with Crippen LogP contribution in [-0.4, -0.2) is 21.4 Å². The molecule has 1 aliphatic carbocycles. The minimum Gasteiger partial charge on any atom is -0.267 e. The van der Waals surface area contributed by atoms with Gasteiger partial charge in [0.2, 0.25) is 0 Å². The number of non-ortho nitro benzene ring substituents is 1. The van der Waals surface area contributed by atoms with Gasteiger partial charge in [-0.2, -0.15) is 5.06 Å². The first-order valence-corrected chi connectivity index (χ1v) is 8.01. The number of nitrogens with zero attached hydrogens (tertiary/aromatic N) is 2. The highest BCUT2D eigenvalue weighted by Gasteiger charge is 2.41. The minimum absolute atomic E-state index is 0.0947. The number of nitro benzene ring substituents is 1. The summed E-state index contributed by atoms with van der Waals surface area (Å²) in [5.41, 5.74) is -0.604. The highest BCUT2D eigenvalue weighted by atomic mass is 16.6. The largest absolute Gasteiger partial charge is 0.280 e. The topological polar surface area (TPSA) is 83.3 Å². The number of carbonyl (C=O) groups excluding carboxylic acids is 1. The SMILES string of the molecule is CC(C)[C@H]1CCC[C@@](C)(N([O])C(=O)c2ccc([N+](=O)[O-])cc2)C1. The van der Waals surface area contributed by atoms with Gasteiger partial charge in [0.25, 0.3) is 11.6 Å². The second-order valence-corrected chi connectivity index (χ2v) is 7.00. The van der Waals surface area contributed by atoms with Crippen molar-refractivity contribution in [1.29, 1.82) is 0 Å². The van der Waals surface area contributed by atoms with Crippen molar-refractivity contribution in [2.24, 2.45) is 11.8 Å². The molecule has 1 amide bonds. The van der Waals surface area contributed by atoms with Crippen molar-refractivity contribution in [1.82, 2.24) is 5.06 Å². The van der Waals surface area contributed by atoms with Gasteiger partial charge in [-0.05, 0) is 43.7 Å². The molecule has 0 N–H and O–H groups in total. The minimum atomic E-state index is -0.702. The molecule has 0 bridgehead atoms. The Balaban J connectivity index is 2.16. The number of rotatable bonds is 4. The van der Waals surface area contributed by atoms with E-state index in [4.69, 9.17) is 0 Å². The van der Waals surface area contributed by atoms with Crippen LogP contribution in [-0.2, 0) is 5.21 Å². The Morgan fingerprint density at radius 3 is 2.48 bits per heavy atom. The number of hydroxylamine groups is 2. The molecule has 0 heterocycles. The fourth-order valence-corrected chi connectivity index (χ4v) is 3.36. The normalized spacial score (nSPS) is 24.5. The molecular weight excluding hydrogens is 296 g/mol. The average Bonchev–Trinajstić information content (AvgIpc) is 2.53. The molecule has 1 radical (unpaired) electrons. The monoisotopic (exact) mass is 319 g/mol. The van der Waals surface area contributed by atoms with Gasteiger partial charge in [0.05, 0.1) is 10.5 Å². The van der Waals surface area contributed by atoms with E-state index in [1.807, 2.05) is 6.92 Å². The first-order chi connectivity index (χ1) is 10.7. The van der Waals surface area contributed by atoms with Gasteiger partial charge < -0.3 is 0 Å². The quantitative estimate of drug-likeness (QED) is 0.621. The summed E-state index contributed by atoms with van der Waals surface area (Å²) in [6, 6.07) is 5.19. The third-order valence-electron chi connectivity index (χ3n) is 4.93. The van der Waals surface area contributed by atoms with Gasteiger partial charge in [-0.15, -0.1) is 0 Å². The van der Waals surface area contributed by atoms with Crippen LogP contribution in [0.4, 0.5) is 5.69 Å². The highest BCUT2D eigenvalue weighted by molar-refractivity contribution is 5.94. The maximum Gasteiger partial charge on any atom is 0.280 e. The zero-order valence-corrected chi connectivity index (χ0v) is 13.8. The predicted octanol–water partition coefficient (Wildman–Crippen LogP) is 3.99. The molecule has 2 rings (SSSR count). The third-order valence-corrected chi connectivity index (χ3v) is 4.93. The number of amides is 1. The summed E-state index contributed by atoms with van der Waals surface area (Å²) in [5.74, 6) is 0.305. The molecule has 125 valence electrons. The number of benzene rings is 1. The molecule has 0 unspecified atom stereocenters. The molecule has 6 nitrogen and oxygen atoms in total. The molecule has 0 aliphatic heterocycles. The van der Waals surface area contributed by atoms with Crippen molar-refractivity contribution in [2.75, 3.05) is 0 Å². The molecule has 1 aliphatic rings. The van der Waals surface area contributed by atoms with Crippen LogP contribution in [0.25, 0.3) is 0 Å². The van der Waals surface area contributed by atoms with Crippen LogP contribution in [0.1, 0.15) is 56.8 Å². The van der Waals surface area contributed by atoms with Crippen LogP contribution in [0.5, 0.6) is 0 Å². The molecule has 1 fully saturated rings. The summed E-state index contributed by atoms with van der Waals surface area (Å²) in [5, 5.41) is 23.9. The van der Waals surface area contributed by atoms with Crippen molar-refractivity contribution < 1.29 is 14.9 Å². The lowest BCUT2D eigenvalue weighted by Crippen LogP contribution is -2.50. The van der Waals surface area contributed by atoms with Gasteiger partial charge in [0, 0.05) is 17.7 Å². The summed E-state index contributed by atoms with van der Waals surface area (Å²) in [6.07, 6.45) is 3.42. The van der Waals surface area contributed by atoms with E-state index >= 15 is 0 Å². The molecule has 6 heteroatoms. The smallest absolute Gasteiger partial charge is 0.267 e. The molecule has 1 saturated carbocycles. The van der Waals surface area contributed by atoms with Crippen molar-refractivity contribution in [2.45, 2.75) is 52.0 Å². The molecular formula is C17H23N2O4. The maximum absolute atomic E-state index is 12.6. The second-order valence-electron chi connectivity index (χ2n) is 7.00. The highest BCUT2D eigenvalue weighted by Crippen LogP contribution is 2.39. The van der Waals surface area contributed by atoms with Crippen LogP contribution in [0.3, 0.4) is 0 Å². The Morgan fingerprint density at radius 1 is 1.35 bits per heavy atom. The molecule has 1 aromatic rings. The van der Waals surface area contributed by atoms with Gasteiger partial charge in [-0.25, -0.2) is 0 Å². The second kappa shape index (κ2) is 6.66. The van der Waals surface area contributed by atoms with E-state index in [0.717, 1.165) is 12.8 Å². The van der Waals surface area contributed by atoms with E-state index in [1.54, 1.807) is 0 Å². The Hall–Kier alpha value is -1.95. The van der Waals surface area contributed by atoms with E-state index in [9.17, 15) is 20.1 Å². The van der Waals surface area contributed by atoms with Crippen molar-refractivity contribution in [3.05, 3.63) is 39.9 Å². The number of carbonyl (C=O) groups is 1. The summed E-state index contributed by atoms with van der Waals surface area (Å²) < 4.78 is 0. The summed E-state index contributed by atoms with van der Waals surface area (Å²) in [6.45, 7) is 6.13. The van der Waals surface area contributed by atoms with Gasteiger partial charge in [0.15, 0.2) is 0 Å². The third kappa shape index (κ3) is 3.69. The number of hydrogen-bond acceptors (Lipinski definition) is 3. The van der Waals surface area contributed by atoms with Gasteiger partial charge >= 0.3 is 0 Å². The first-order valence-electron chi connectivity index (χ1n) is 8.01. The standard InChI is InChI=1S/C17H23N2O4/c1-12(2)14-5-4-10-17(3,11-14)18(21)16(20)13-6-8-15(9-7-13)19(22)23/h6-9,12,14H,4-5,10-11H2,1-3H3/t14-,17+/m0/s1. The fourth-order valence-electron chi connectivity index (χ4n) is 3.36. The Morgan fingerprint density at radius 2 is 1.96 bits per heavy atom. The van der Waals surface area contributed by atoms with Crippen LogP contribution in [0.15, 0.2) is 24.3 Å². The van der Waals surface area contributed by atoms with E-state index in [2.05, 4.69) is 13.8 Å². The predicted molar refractivity (Wildman–Crippen MR) is 85.2 cm³/mol. The zero-order chi connectivity index (χ0) is 17.2. The van der Waals surface area contributed by atoms with Crippen LogP contribution < -0.4 is 0 Å². The molecule has 0 saturated heterocycles. The van der Waals surface area contributed by atoms with Gasteiger partial charge in [-0.3, -0.25) is 14.9 Å². The van der Waals surface area contributed by atoms with Gasteiger partial charge in [-0.1, -0.05) is 31.9 Å².